The summed E-state index contributed by atoms with van der Waals surface area (Å²) in [5.41, 5.74) is 1.16. The molecule has 0 bridgehead atoms. The molecule has 0 radical (unpaired) electrons. The predicted octanol–water partition coefficient (Wildman–Crippen LogP) is 1.99. The van der Waals surface area contributed by atoms with E-state index in [1.54, 1.807) is 0 Å². The first-order chi connectivity index (χ1) is 9.13. The third kappa shape index (κ3) is 3.15. The van der Waals surface area contributed by atoms with Gasteiger partial charge in [-0.05, 0) is 33.2 Å². The van der Waals surface area contributed by atoms with Crippen molar-refractivity contribution < 1.29 is 9.53 Å². The first-order valence-corrected chi connectivity index (χ1v) is 6.96. The van der Waals surface area contributed by atoms with Crippen molar-refractivity contribution >= 4 is 5.97 Å². The minimum absolute atomic E-state index is 0.103. The Hall–Kier alpha value is -1.36. The van der Waals surface area contributed by atoms with E-state index in [0.717, 1.165) is 38.0 Å². The number of hydrogen-bond donors (Lipinski definition) is 0. The van der Waals surface area contributed by atoms with Gasteiger partial charge < -0.3 is 9.30 Å². The highest BCUT2D eigenvalue weighted by atomic mass is 16.5. The Labute approximate surface area is 114 Å². The maximum Gasteiger partial charge on any atom is 0.323 e. The molecule has 0 aromatic carbocycles. The third-order valence-corrected chi connectivity index (χ3v) is 3.75. The standard InChI is InChI=1S/C14H23N3O2/c1-11(2)17-10-15-8-12(17)9-16-7-5-4-6-13(16)14(18)19-3/h8,10-11,13H,4-7,9H2,1-3H3/t13-/m1/s1. The van der Waals surface area contributed by atoms with Crippen LogP contribution in [0.25, 0.3) is 0 Å². The zero-order valence-corrected chi connectivity index (χ0v) is 12.0. The first-order valence-electron chi connectivity index (χ1n) is 6.96. The quantitative estimate of drug-likeness (QED) is 0.781. The molecular weight excluding hydrogens is 242 g/mol. The average molecular weight is 265 g/mol. The molecule has 5 heteroatoms. The van der Waals surface area contributed by atoms with Gasteiger partial charge >= 0.3 is 5.97 Å². The monoisotopic (exact) mass is 265 g/mol. The summed E-state index contributed by atoms with van der Waals surface area (Å²) in [5.74, 6) is -0.115. The Morgan fingerprint density at radius 1 is 1.53 bits per heavy atom. The summed E-state index contributed by atoms with van der Waals surface area (Å²) >= 11 is 0. The van der Waals surface area contributed by atoms with Crippen LogP contribution in [-0.2, 0) is 16.1 Å². The highest BCUT2D eigenvalue weighted by Gasteiger charge is 2.30. The molecule has 2 rings (SSSR count). The lowest BCUT2D eigenvalue weighted by Crippen LogP contribution is -2.45. The molecule has 1 aliphatic heterocycles. The lowest BCUT2D eigenvalue weighted by atomic mass is 10.0. The lowest BCUT2D eigenvalue weighted by Gasteiger charge is -2.33. The Morgan fingerprint density at radius 3 is 3.00 bits per heavy atom. The smallest absolute Gasteiger partial charge is 0.323 e. The number of hydrogen-bond acceptors (Lipinski definition) is 4. The number of rotatable bonds is 4. The van der Waals surface area contributed by atoms with E-state index in [1.807, 2.05) is 12.5 Å². The van der Waals surface area contributed by atoms with Crippen molar-refractivity contribution in [2.24, 2.45) is 0 Å². The molecule has 0 N–H and O–H groups in total. The van der Waals surface area contributed by atoms with Crippen molar-refractivity contribution in [2.75, 3.05) is 13.7 Å². The van der Waals surface area contributed by atoms with Gasteiger partial charge in [0.05, 0.1) is 19.1 Å². The van der Waals surface area contributed by atoms with Gasteiger partial charge in [-0.25, -0.2) is 4.98 Å². The van der Waals surface area contributed by atoms with Gasteiger partial charge in [-0.15, -0.1) is 0 Å². The number of nitrogens with zero attached hydrogens (tertiary/aromatic N) is 3. The van der Waals surface area contributed by atoms with Crippen LogP contribution in [0.2, 0.25) is 0 Å². The van der Waals surface area contributed by atoms with Gasteiger partial charge in [0.2, 0.25) is 0 Å². The van der Waals surface area contributed by atoms with E-state index in [0.29, 0.717) is 6.04 Å². The second-order valence-electron chi connectivity index (χ2n) is 5.39. The minimum Gasteiger partial charge on any atom is -0.468 e. The second-order valence-corrected chi connectivity index (χ2v) is 5.39. The van der Waals surface area contributed by atoms with Crippen LogP contribution in [0, 0.1) is 0 Å². The molecule has 1 fully saturated rings. The molecule has 5 nitrogen and oxygen atoms in total. The topological polar surface area (TPSA) is 47.4 Å². The maximum atomic E-state index is 11.8. The highest BCUT2D eigenvalue weighted by Crippen LogP contribution is 2.21. The number of carbonyl (C=O) groups excluding carboxylic acids is 1. The maximum absolute atomic E-state index is 11.8. The molecule has 1 aromatic heterocycles. The van der Waals surface area contributed by atoms with E-state index in [1.165, 1.54) is 7.11 Å². The van der Waals surface area contributed by atoms with Crippen LogP contribution in [0.4, 0.5) is 0 Å². The number of imidazole rings is 1. The van der Waals surface area contributed by atoms with Gasteiger partial charge in [0.1, 0.15) is 6.04 Å². The summed E-state index contributed by atoms with van der Waals surface area (Å²) in [6, 6.07) is 0.285. The van der Waals surface area contributed by atoms with Gasteiger partial charge in [0, 0.05) is 18.8 Å². The van der Waals surface area contributed by atoms with E-state index in [-0.39, 0.29) is 12.0 Å². The van der Waals surface area contributed by atoms with Gasteiger partial charge in [0.25, 0.3) is 0 Å². The minimum atomic E-state index is -0.115. The molecule has 1 aliphatic rings. The Kier molecular flexibility index (Phi) is 4.58. The molecule has 2 heterocycles. The lowest BCUT2D eigenvalue weighted by molar-refractivity contribution is -0.148. The van der Waals surface area contributed by atoms with Gasteiger partial charge in [-0.1, -0.05) is 6.42 Å². The Morgan fingerprint density at radius 2 is 2.32 bits per heavy atom. The molecule has 0 amide bonds. The third-order valence-electron chi connectivity index (χ3n) is 3.75. The van der Waals surface area contributed by atoms with Crippen LogP contribution in [-0.4, -0.2) is 40.1 Å². The summed E-state index contributed by atoms with van der Waals surface area (Å²) in [6.07, 6.45) is 6.88. The summed E-state index contributed by atoms with van der Waals surface area (Å²) < 4.78 is 7.07. The van der Waals surface area contributed by atoms with Gasteiger partial charge in [-0.2, -0.15) is 0 Å². The van der Waals surface area contributed by atoms with Crippen molar-refractivity contribution in [1.82, 2.24) is 14.5 Å². The number of carbonyl (C=O) groups is 1. The Bertz CT molecular complexity index is 428. The fraction of sp³-hybridized carbons (Fsp3) is 0.714. The number of esters is 1. The van der Waals surface area contributed by atoms with Crippen LogP contribution in [0.3, 0.4) is 0 Å². The van der Waals surface area contributed by atoms with Crippen LogP contribution in [0.5, 0.6) is 0 Å². The van der Waals surface area contributed by atoms with E-state index in [2.05, 4.69) is 28.3 Å². The van der Waals surface area contributed by atoms with E-state index in [4.69, 9.17) is 4.74 Å². The zero-order valence-electron chi connectivity index (χ0n) is 12.0. The van der Waals surface area contributed by atoms with Crippen molar-refractivity contribution in [3.05, 3.63) is 18.2 Å². The zero-order chi connectivity index (χ0) is 13.8. The van der Waals surface area contributed by atoms with Gasteiger partial charge in [0.15, 0.2) is 0 Å². The number of ether oxygens (including phenoxy) is 1. The second kappa shape index (κ2) is 6.19. The fourth-order valence-corrected chi connectivity index (χ4v) is 2.71. The normalized spacial score (nSPS) is 20.7. The molecule has 0 saturated carbocycles. The van der Waals surface area contributed by atoms with E-state index >= 15 is 0 Å². The molecular formula is C14H23N3O2. The van der Waals surface area contributed by atoms with E-state index < -0.39 is 0 Å². The van der Waals surface area contributed by atoms with Crippen LogP contribution in [0.15, 0.2) is 12.5 Å². The van der Waals surface area contributed by atoms with Crippen LogP contribution in [0.1, 0.15) is 44.8 Å². The summed E-state index contributed by atoms with van der Waals surface area (Å²) in [4.78, 5) is 18.3. The Balaban J connectivity index is 2.11. The summed E-state index contributed by atoms with van der Waals surface area (Å²) in [7, 11) is 1.47. The van der Waals surface area contributed by atoms with Crippen molar-refractivity contribution in [1.29, 1.82) is 0 Å². The van der Waals surface area contributed by atoms with Crippen molar-refractivity contribution in [3.8, 4) is 0 Å². The molecule has 106 valence electrons. The molecule has 1 atom stereocenters. The molecule has 19 heavy (non-hydrogen) atoms. The fourth-order valence-electron chi connectivity index (χ4n) is 2.71. The SMILES string of the molecule is COC(=O)[C@H]1CCCCN1Cc1cncn1C(C)C. The molecule has 0 aliphatic carbocycles. The number of piperidine rings is 1. The molecule has 0 unspecified atom stereocenters. The van der Waals surface area contributed by atoms with Crippen molar-refractivity contribution in [3.63, 3.8) is 0 Å². The largest absolute Gasteiger partial charge is 0.468 e. The average Bonchev–Trinajstić information content (AvgIpc) is 2.87. The van der Waals surface area contributed by atoms with Crippen LogP contribution >= 0.6 is 0 Å². The predicted molar refractivity (Wildman–Crippen MR) is 72.7 cm³/mol. The van der Waals surface area contributed by atoms with E-state index in [9.17, 15) is 4.79 Å². The summed E-state index contributed by atoms with van der Waals surface area (Å²) in [6.45, 7) is 5.99. The summed E-state index contributed by atoms with van der Waals surface area (Å²) in [5, 5.41) is 0. The van der Waals surface area contributed by atoms with Gasteiger partial charge in [-0.3, -0.25) is 9.69 Å². The molecule has 0 spiro atoms. The highest BCUT2D eigenvalue weighted by molar-refractivity contribution is 5.75. The number of likely N-dealkylation sites (tertiary alicyclic amines) is 1. The van der Waals surface area contributed by atoms with Crippen molar-refractivity contribution in [2.45, 2.75) is 51.7 Å². The van der Waals surface area contributed by atoms with Crippen LogP contribution < -0.4 is 0 Å². The molecule has 1 aromatic rings. The first kappa shape index (κ1) is 14.1. The number of methoxy groups -OCH3 is 1. The molecule has 1 saturated heterocycles. The number of aromatic nitrogens is 2.